The third-order valence-electron chi connectivity index (χ3n) is 4.87. The monoisotopic (exact) mass is 393 g/mol. The quantitative estimate of drug-likeness (QED) is 0.718. The Labute approximate surface area is 163 Å². The van der Waals surface area contributed by atoms with Crippen LogP contribution in [-0.4, -0.2) is 24.3 Å². The molecule has 1 aliphatic carbocycles. The number of nitrogens with one attached hydrogen (secondary N) is 1. The molecule has 1 amide bonds. The molecular weight excluding hydrogens is 374 g/mol. The number of hydrogen-bond acceptors (Lipinski definition) is 5. The van der Waals surface area contributed by atoms with Crippen molar-refractivity contribution >= 4 is 21.4 Å². The van der Waals surface area contributed by atoms with Crippen LogP contribution >= 0.6 is 0 Å². The second kappa shape index (κ2) is 7.16. The number of carbonyl (C=O) groups excluding carboxylic acids is 1. The van der Waals surface area contributed by atoms with Crippen LogP contribution in [-0.2, 0) is 14.6 Å². The second-order valence-electron chi connectivity index (χ2n) is 6.89. The van der Waals surface area contributed by atoms with Gasteiger partial charge in [-0.25, -0.2) is 8.42 Å². The predicted molar refractivity (Wildman–Crippen MR) is 105 cm³/mol. The van der Waals surface area contributed by atoms with E-state index >= 15 is 0 Å². The molecule has 6 nitrogen and oxygen atoms in total. The van der Waals surface area contributed by atoms with E-state index in [1.807, 2.05) is 12.1 Å². The van der Waals surface area contributed by atoms with Crippen molar-refractivity contribution in [2.75, 3.05) is 5.32 Å². The van der Waals surface area contributed by atoms with Gasteiger partial charge in [0.25, 0.3) is 0 Å². The van der Waals surface area contributed by atoms with E-state index in [1.165, 1.54) is 18.3 Å². The van der Waals surface area contributed by atoms with Gasteiger partial charge in [-0.15, -0.1) is 0 Å². The number of anilines is 1. The minimum absolute atomic E-state index is 0.0628. The average Bonchev–Trinajstić information content (AvgIpc) is 3.51. The van der Waals surface area contributed by atoms with Crippen LogP contribution in [0.1, 0.15) is 23.6 Å². The summed E-state index contributed by atoms with van der Waals surface area (Å²) in [6, 6.07) is 13.2. The largest absolute Gasteiger partial charge is 0.326 e. The summed E-state index contributed by atoms with van der Waals surface area (Å²) in [6.07, 6.45) is 5.65. The Morgan fingerprint density at radius 3 is 2.43 bits per heavy atom. The first-order chi connectivity index (χ1) is 13.4. The van der Waals surface area contributed by atoms with E-state index in [-0.39, 0.29) is 27.5 Å². The van der Waals surface area contributed by atoms with Gasteiger partial charge in [-0.3, -0.25) is 14.8 Å². The molecule has 3 aromatic rings. The maximum absolute atomic E-state index is 12.7. The van der Waals surface area contributed by atoms with Gasteiger partial charge in [0.15, 0.2) is 0 Å². The van der Waals surface area contributed by atoms with E-state index < -0.39 is 9.84 Å². The summed E-state index contributed by atoms with van der Waals surface area (Å²) in [5.41, 5.74) is 2.39. The van der Waals surface area contributed by atoms with Gasteiger partial charge >= 0.3 is 0 Å². The van der Waals surface area contributed by atoms with E-state index in [9.17, 15) is 13.2 Å². The lowest BCUT2D eigenvalue weighted by molar-refractivity contribution is -0.117. The Morgan fingerprint density at radius 2 is 1.79 bits per heavy atom. The molecule has 0 bridgehead atoms. The molecule has 0 radical (unpaired) electrons. The SMILES string of the molecule is Cc1ccc(S(=O)(=O)c2ccc(NC(=O)[C@H]3C[C@@H]3c3cccnc3)cc2)cn1. The zero-order valence-electron chi connectivity index (χ0n) is 15.2. The van der Waals surface area contributed by atoms with Gasteiger partial charge in [0.05, 0.1) is 9.79 Å². The van der Waals surface area contributed by atoms with E-state index in [1.54, 1.807) is 43.6 Å². The van der Waals surface area contributed by atoms with Crippen molar-refractivity contribution in [3.05, 3.63) is 78.4 Å². The van der Waals surface area contributed by atoms with Crippen LogP contribution in [0, 0.1) is 12.8 Å². The first-order valence-electron chi connectivity index (χ1n) is 8.94. The molecule has 1 N–H and O–H groups in total. The summed E-state index contributed by atoms with van der Waals surface area (Å²) < 4.78 is 25.3. The van der Waals surface area contributed by atoms with Crippen LogP contribution in [0.5, 0.6) is 0 Å². The van der Waals surface area contributed by atoms with Crippen molar-refractivity contribution in [3.8, 4) is 0 Å². The van der Waals surface area contributed by atoms with Crippen molar-refractivity contribution in [2.45, 2.75) is 29.1 Å². The van der Waals surface area contributed by atoms with E-state index in [2.05, 4.69) is 15.3 Å². The summed E-state index contributed by atoms with van der Waals surface area (Å²) in [6.45, 7) is 1.80. The molecule has 0 unspecified atom stereocenters. The van der Waals surface area contributed by atoms with Gasteiger partial charge < -0.3 is 5.32 Å². The Hall–Kier alpha value is -3.06. The fourth-order valence-electron chi connectivity index (χ4n) is 3.15. The lowest BCUT2D eigenvalue weighted by Crippen LogP contribution is -2.14. The Kier molecular flexibility index (Phi) is 4.68. The number of amides is 1. The summed E-state index contributed by atoms with van der Waals surface area (Å²) in [7, 11) is -3.63. The number of sulfone groups is 1. The van der Waals surface area contributed by atoms with E-state index in [0.29, 0.717) is 5.69 Å². The molecule has 2 atom stereocenters. The van der Waals surface area contributed by atoms with Crippen molar-refractivity contribution in [2.24, 2.45) is 5.92 Å². The molecule has 1 aliphatic rings. The van der Waals surface area contributed by atoms with Gasteiger partial charge in [-0.1, -0.05) is 6.07 Å². The second-order valence-corrected chi connectivity index (χ2v) is 8.84. The number of aryl methyl sites for hydroxylation is 1. The van der Waals surface area contributed by atoms with Crippen LogP contribution in [0.2, 0.25) is 0 Å². The minimum Gasteiger partial charge on any atom is -0.326 e. The summed E-state index contributed by atoms with van der Waals surface area (Å²) in [5.74, 6) is 0.0563. The molecule has 1 aromatic carbocycles. The van der Waals surface area contributed by atoms with Gasteiger partial charge in [-0.05, 0) is 67.3 Å². The topological polar surface area (TPSA) is 89.0 Å². The highest BCUT2D eigenvalue weighted by atomic mass is 32.2. The predicted octanol–water partition coefficient (Wildman–Crippen LogP) is 3.36. The standard InChI is InChI=1S/C21H19N3O3S/c1-14-4-7-18(13-23-14)28(26,27)17-8-5-16(6-9-17)24-21(25)20-11-19(20)15-3-2-10-22-12-15/h2-10,12-13,19-20H,11H2,1H3,(H,24,25)/t19-,20+/m1/s1. The van der Waals surface area contributed by atoms with Gasteiger partial charge in [-0.2, -0.15) is 0 Å². The molecule has 7 heteroatoms. The average molecular weight is 393 g/mol. The number of benzene rings is 1. The first-order valence-corrected chi connectivity index (χ1v) is 10.4. The number of pyridine rings is 2. The van der Waals surface area contributed by atoms with Crippen LogP contribution in [0.25, 0.3) is 0 Å². The molecule has 4 rings (SSSR count). The normalized spacial score (nSPS) is 18.5. The highest BCUT2D eigenvalue weighted by Crippen LogP contribution is 2.47. The van der Waals surface area contributed by atoms with Crippen molar-refractivity contribution in [3.63, 3.8) is 0 Å². The van der Waals surface area contributed by atoms with Gasteiger partial charge in [0.1, 0.15) is 0 Å². The minimum atomic E-state index is -3.63. The van der Waals surface area contributed by atoms with Crippen LogP contribution < -0.4 is 5.32 Å². The highest BCUT2D eigenvalue weighted by molar-refractivity contribution is 7.91. The fraction of sp³-hybridized carbons (Fsp3) is 0.190. The lowest BCUT2D eigenvalue weighted by atomic mass is 10.1. The van der Waals surface area contributed by atoms with Crippen LogP contribution in [0.15, 0.2) is 76.9 Å². The van der Waals surface area contributed by atoms with E-state index in [4.69, 9.17) is 0 Å². The maximum Gasteiger partial charge on any atom is 0.228 e. The maximum atomic E-state index is 12.7. The number of hydrogen-bond donors (Lipinski definition) is 1. The van der Waals surface area contributed by atoms with Gasteiger partial charge in [0, 0.05) is 35.9 Å². The van der Waals surface area contributed by atoms with Crippen molar-refractivity contribution in [1.82, 2.24) is 9.97 Å². The number of aromatic nitrogens is 2. The number of nitrogens with zero attached hydrogens (tertiary/aromatic N) is 2. The van der Waals surface area contributed by atoms with Gasteiger partial charge in [0.2, 0.25) is 15.7 Å². The van der Waals surface area contributed by atoms with Crippen LogP contribution in [0.4, 0.5) is 5.69 Å². The Balaban J connectivity index is 1.44. The smallest absolute Gasteiger partial charge is 0.228 e. The third-order valence-corrected chi connectivity index (χ3v) is 6.62. The highest BCUT2D eigenvalue weighted by Gasteiger charge is 2.44. The summed E-state index contributed by atoms with van der Waals surface area (Å²) in [5, 5.41) is 2.86. The molecule has 1 fully saturated rings. The Morgan fingerprint density at radius 1 is 1.04 bits per heavy atom. The van der Waals surface area contributed by atoms with Crippen LogP contribution in [0.3, 0.4) is 0 Å². The molecule has 142 valence electrons. The van der Waals surface area contributed by atoms with Crippen molar-refractivity contribution < 1.29 is 13.2 Å². The molecular formula is C21H19N3O3S. The molecule has 0 aliphatic heterocycles. The summed E-state index contributed by atoms with van der Waals surface area (Å²) >= 11 is 0. The third kappa shape index (κ3) is 3.66. The van der Waals surface area contributed by atoms with Crippen molar-refractivity contribution in [1.29, 1.82) is 0 Å². The zero-order valence-corrected chi connectivity index (χ0v) is 16.1. The number of carbonyl (C=O) groups is 1. The van der Waals surface area contributed by atoms with E-state index in [0.717, 1.165) is 17.7 Å². The summed E-state index contributed by atoms with van der Waals surface area (Å²) in [4.78, 5) is 20.9. The Bertz CT molecular complexity index is 1100. The first kappa shape index (κ1) is 18.3. The molecule has 2 aromatic heterocycles. The molecule has 0 saturated heterocycles. The molecule has 1 saturated carbocycles. The zero-order chi connectivity index (χ0) is 19.7. The number of rotatable bonds is 5. The lowest BCUT2D eigenvalue weighted by Gasteiger charge is -2.08. The molecule has 2 heterocycles. The fourth-order valence-corrected chi connectivity index (χ4v) is 4.36. The molecule has 28 heavy (non-hydrogen) atoms. The molecule has 0 spiro atoms.